The van der Waals surface area contributed by atoms with Crippen molar-refractivity contribution in [3.8, 4) is 11.5 Å². The zero-order chi connectivity index (χ0) is 20.1. The molecule has 1 aliphatic rings. The quantitative estimate of drug-likeness (QED) is 0.388. The van der Waals surface area contributed by atoms with Crippen molar-refractivity contribution in [3.63, 3.8) is 0 Å². The fourth-order valence-electron chi connectivity index (χ4n) is 3.33. The highest BCUT2D eigenvalue weighted by molar-refractivity contribution is 6.32. The van der Waals surface area contributed by atoms with Crippen molar-refractivity contribution in [2.24, 2.45) is 0 Å². The van der Waals surface area contributed by atoms with Gasteiger partial charge in [-0.3, -0.25) is 10.1 Å². The van der Waals surface area contributed by atoms with Crippen LogP contribution in [0.1, 0.15) is 25.3 Å². The molecule has 1 aromatic heterocycles. The van der Waals surface area contributed by atoms with Crippen LogP contribution < -0.4 is 4.74 Å². The first-order chi connectivity index (χ1) is 13.4. The lowest BCUT2D eigenvalue weighted by Gasteiger charge is -2.17. The maximum atomic E-state index is 13.5. The Morgan fingerprint density at radius 2 is 2.11 bits per heavy atom. The summed E-state index contributed by atoms with van der Waals surface area (Å²) in [7, 11) is 0. The third kappa shape index (κ3) is 2.97. The van der Waals surface area contributed by atoms with Crippen LogP contribution in [0.15, 0.2) is 36.7 Å². The zero-order valence-corrected chi connectivity index (χ0v) is 15.6. The van der Waals surface area contributed by atoms with Gasteiger partial charge in [-0.1, -0.05) is 18.5 Å². The number of aryl methyl sites for hydroxylation is 1. The Labute approximate surface area is 163 Å². The molecular weight excluding hydrogens is 392 g/mol. The van der Waals surface area contributed by atoms with Crippen molar-refractivity contribution in [2.45, 2.75) is 38.2 Å². The Morgan fingerprint density at radius 1 is 1.36 bits per heavy atom. The highest BCUT2D eigenvalue weighted by atomic mass is 35.5. The van der Waals surface area contributed by atoms with Crippen LogP contribution in [0.2, 0.25) is 5.02 Å². The number of halogens is 3. The Morgan fingerprint density at radius 3 is 2.71 bits per heavy atom. The predicted octanol–water partition coefficient (Wildman–Crippen LogP) is 5.71. The number of aromatic nitrogens is 2. The molecule has 0 radical (unpaired) electrons. The van der Waals surface area contributed by atoms with Crippen LogP contribution in [0.4, 0.5) is 14.5 Å². The Hall–Kier alpha value is -2.74. The number of nitro groups is 1. The molecule has 1 fully saturated rings. The maximum Gasteiger partial charge on any atom is 0.271 e. The van der Waals surface area contributed by atoms with Crippen molar-refractivity contribution in [1.29, 1.82) is 0 Å². The topological polar surface area (TPSA) is 70.2 Å². The third-order valence-corrected chi connectivity index (χ3v) is 5.36. The van der Waals surface area contributed by atoms with E-state index in [9.17, 15) is 18.9 Å². The smallest absolute Gasteiger partial charge is 0.271 e. The van der Waals surface area contributed by atoms with Crippen molar-refractivity contribution in [2.75, 3.05) is 0 Å². The minimum Gasteiger partial charge on any atom is -0.455 e. The third-order valence-electron chi connectivity index (χ3n) is 5.08. The van der Waals surface area contributed by atoms with Gasteiger partial charge < -0.3 is 9.30 Å². The van der Waals surface area contributed by atoms with Gasteiger partial charge in [-0.15, -0.1) is 0 Å². The number of fused-ring (bicyclic) bond motifs is 1. The standard InChI is InChI=1S/C19H16ClF2N3O3/c1-2-11-7-12(25(26)27)8-14(20)17(11)28-13-3-4-15-16(9-13)24(10-23-15)19(5-6-19)18(21)22/h3-4,7-10,18H,2,5-6H2,1H3. The van der Waals surface area contributed by atoms with E-state index in [0.29, 0.717) is 47.4 Å². The van der Waals surface area contributed by atoms with E-state index in [2.05, 4.69) is 4.98 Å². The lowest BCUT2D eigenvalue weighted by molar-refractivity contribution is -0.384. The van der Waals surface area contributed by atoms with E-state index >= 15 is 0 Å². The van der Waals surface area contributed by atoms with E-state index in [-0.39, 0.29) is 10.7 Å². The molecular formula is C19H16ClF2N3O3. The van der Waals surface area contributed by atoms with Gasteiger partial charge in [0.2, 0.25) is 0 Å². The molecule has 0 aliphatic heterocycles. The molecule has 0 amide bonds. The number of nitrogens with zero attached hydrogens (tertiary/aromatic N) is 3. The Bertz CT molecular complexity index is 1080. The Balaban J connectivity index is 1.74. The minimum atomic E-state index is -2.48. The van der Waals surface area contributed by atoms with E-state index in [4.69, 9.17) is 16.3 Å². The molecule has 0 saturated heterocycles. The van der Waals surface area contributed by atoms with Crippen molar-refractivity contribution in [3.05, 3.63) is 57.4 Å². The molecule has 1 heterocycles. The molecule has 4 rings (SSSR count). The van der Waals surface area contributed by atoms with Crippen LogP contribution in [0, 0.1) is 10.1 Å². The number of alkyl halides is 2. The average Bonchev–Trinajstić information content (AvgIpc) is 3.37. The summed E-state index contributed by atoms with van der Waals surface area (Å²) in [5, 5.41) is 11.2. The molecule has 146 valence electrons. The van der Waals surface area contributed by atoms with Crippen LogP contribution in [0.5, 0.6) is 11.5 Å². The highest BCUT2D eigenvalue weighted by Crippen LogP contribution is 2.50. The minimum absolute atomic E-state index is 0.115. The number of benzene rings is 2. The lowest BCUT2D eigenvalue weighted by Crippen LogP contribution is -2.24. The van der Waals surface area contributed by atoms with Gasteiger partial charge >= 0.3 is 0 Å². The van der Waals surface area contributed by atoms with Gasteiger partial charge in [0, 0.05) is 23.8 Å². The molecule has 1 aliphatic carbocycles. The predicted molar refractivity (Wildman–Crippen MR) is 101 cm³/mol. The summed E-state index contributed by atoms with van der Waals surface area (Å²) >= 11 is 6.21. The summed E-state index contributed by atoms with van der Waals surface area (Å²) in [6, 6.07) is 7.64. The first kappa shape index (κ1) is 18.6. The number of imidazole rings is 1. The number of hydrogen-bond donors (Lipinski definition) is 0. The van der Waals surface area contributed by atoms with Gasteiger partial charge in [0.15, 0.2) is 0 Å². The van der Waals surface area contributed by atoms with E-state index in [1.165, 1.54) is 23.0 Å². The van der Waals surface area contributed by atoms with E-state index in [1.54, 1.807) is 18.2 Å². The first-order valence-electron chi connectivity index (χ1n) is 8.76. The molecule has 2 aromatic carbocycles. The fraction of sp³-hybridized carbons (Fsp3) is 0.316. The summed E-state index contributed by atoms with van der Waals surface area (Å²) in [4.78, 5) is 14.7. The van der Waals surface area contributed by atoms with Crippen molar-refractivity contribution >= 4 is 28.3 Å². The lowest BCUT2D eigenvalue weighted by atomic mass is 10.1. The van der Waals surface area contributed by atoms with Crippen LogP contribution >= 0.6 is 11.6 Å². The van der Waals surface area contributed by atoms with Gasteiger partial charge in [-0.25, -0.2) is 13.8 Å². The molecule has 0 N–H and O–H groups in total. The molecule has 0 atom stereocenters. The zero-order valence-electron chi connectivity index (χ0n) is 14.9. The van der Waals surface area contributed by atoms with Gasteiger partial charge in [-0.2, -0.15) is 0 Å². The summed E-state index contributed by atoms with van der Waals surface area (Å²) in [5.74, 6) is 0.708. The summed E-state index contributed by atoms with van der Waals surface area (Å²) < 4.78 is 34.5. The second-order valence-electron chi connectivity index (χ2n) is 6.80. The molecule has 3 aromatic rings. The van der Waals surface area contributed by atoms with Crippen LogP contribution in [0.3, 0.4) is 0 Å². The van der Waals surface area contributed by atoms with E-state index in [0.717, 1.165) is 0 Å². The molecule has 6 nitrogen and oxygen atoms in total. The normalized spacial score (nSPS) is 15.2. The highest BCUT2D eigenvalue weighted by Gasteiger charge is 2.53. The summed E-state index contributed by atoms with van der Waals surface area (Å²) in [5.41, 5.74) is 0.401. The summed E-state index contributed by atoms with van der Waals surface area (Å²) in [6.45, 7) is 1.83. The maximum absolute atomic E-state index is 13.5. The van der Waals surface area contributed by atoms with Gasteiger partial charge in [0.1, 0.15) is 17.0 Å². The van der Waals surface area contributed by atoms with Gasteiger partial charge in [0.05, 0.1) is 27.3 Å². The largest absolute Gasteiger partial charge is 0.455 e. The molecule has 0 spiro atoms. The average molecular weight is 408 g/mol. The van der Waals surface area contributed by atoms with Gasteiger partial charge in [-0.05, 0) is 31.4 Å². The second-order valence-corrected chi connectivity index (χ2v) is 7.21. The number of ether oxygens (including phenoxy) is 1. The number of nitro benzene ring substituents is 1. The second kappa shape index (κ2) is 6.70. The number of non-ortho nitro benzene ring substituents is 1. The molecule has 0 bridgehead atoms. The van der Waals surface area contributed by atoms with Crippen molar-refractivity contribution in [1.82, 2.24) is 9.55 Å². The van der Waals surface area contributed by atoms with Gasteiger partial charge in [0.25, 0.3) is 12.1 Å². The molecule has 0 unspecified atom stereocenters. The van der Waals surface area contributed by atoms with Crippen LogP contribution in [-0.4, -0.2) is 20.9 Å². The number of rotatable bonds is 6. The monoisotopic (exact) mass is 407 g/mol. The SMILES string of the molecule is CCc1cc([N+](=O)[O-])cc(Cl)c1Oc1ccc2ncn(C3(C(F)F)CC3)c2c1. The fourth-order valence-corrected chi connectivity index (χ4v) is 3.60. The van der Waals surface area contributed by atoms with Crippen LogP contribution in [0.25, 0.3) is 11.0 Å². The van der Waals surface area contributed by atoms with Crippen LogP contribution in [-0.2, 0) is 12.0 Å². The first-order valence-corrected chi connectivity index (χ1v) is 9.14. The van der Waals surface area contributed by atoms with Crippen molar-refractivity contribution < 1.29 is 18.4 Å². The molecule has 28 heavy (non-hydrogen) atoms. The molecule has 1 saturated carbocycles. The van der Waals surface area contributed by atoms with E-state index in [1.807, 2.05) is 6.92 Å². The van der Waals surface area contributed by atoms with E-state index < -0.39 is 16.9 Å². The number of hydrogen-bond acceptors (Lipinski definition) is 4. The summed E-state index contributed by atoms with van der Waals surface area (Å²) in [6.07, 6.45) is 0.227. The molecule has 9 heteroatoms. The Kier molecular flexibility index (Phi) is 4.45.